The molecular formula is C19H21ClF3N3O3. The second kappa shape index (κ2) is 8.86. The number of carboxylic acid groups (broad SMARTS) is 1. The van der Waals surface area contributed by atoms with Crippen LogP contribution in [0.4, 0.5) is 18.0 Å². The maximum atomic E-state index is 12.8. The molecule has 0 aliphatic heterocycles. The van der Waals surface area contributed by atoms with Crippen LogP contribution in [-0.4, -0.2) is 33.3 Å². The minimum absolute atomic E-state index is 0.0300. The fourth-order valence-corrected chi connectivity index (χ4v) is 3.21. The zero-order valence-electron chi connectivity index (χ0n) is 16.0. The molecule has 158 valence electrons. The minimum Gasteiger partial charge on any atom is -0.490 e. The van der Waals surface area contributed by atoms with Gasteiger partial charge in [-0.25, -0.2) is 14.8 Å². The smallest absolute Gasteiger partial charge is 0.451 e. The Hall–Kier alpha value is -2.55. The van der Waals surface area contributed by atoms with Crippen LogP contribution in [-0.2, 0) is 6.18 Å². The first-order chi connectivity index (χ1) is 13.4. The lowest BCUT2D eigenvalue weighted by atomic mass is 9.91. The third-order valence-corrected chi connectivity index (χ3v) is 4.25. The Morgan fingerprint density at radius 3 is 2.55 bits per heavy atom. The van der Waals surface area contributed by atoms with E-state index in [1.165, 1.54) is 24.3 Å². The van der Waals surface area contributed by atoms with Crippen molar-refractivity contribution in [2.24, 2.45) is 5.92 Å². The maximum absolute atomic E-state index is 12.8. The van der Waals surface area contributed by atoms with Crippen molar-refractivity contribution in [3.63, 3.8) is 0 Å². The summed E-state index contributed by atoms with van der Waals surface area (Å²) in [6.45, 7) is 5.67. The van der Waals surface area contributed by atoms with Crippen LogP contribution >= 0.6 is 11.6 Å². The molecule has 2 aromatic rings. The fourth-order valence-electron chi connectivity index (χ4n) is 2.98. The molecule has 0 aliphatic rings. The summed E-state index contributed by atoms with van der Waals surface area (Å²) >= 11 is 6.22. The summed E-state index contributed by atoms with van der Waals surface area (Å²) < 4.78 is 44.1. The van der Waals surface area contributed by atoms with Gasteiger partial charge < -0.3 is 15.2 Å². The average molecular weight is 432 g/mol. The molecule has 2 N–H and O–H groups in total. The predicted molar refractivity (Wildman–Crippen MR) is 102 cm³/mol. The Morgan fingerprint density at radius 1 is 1.31 bits per heavy atom. The zero-order valence-corrected chi connectivity index (χ0v) is 16.8. The molecule has 0 saturated heterocycles. The molecule has 0 radical (unpaired) electrons. The molecule has 0 fully saturated rings. The van der Waals surface area contributed by atoms with E-state index in [1.807, 2.05) is 13.8 Å². The van der Waals surface area contributed by atoms with Crippen molar-refractivity contribution in [1.82, 2.24) is 15.3 Å². The van der Waals surface area contributed by atoms with Crippen molar-refractivity contribution >= 4 is 17.7 Å². The summed E-state index contributed by atoms with van der Waals surface area (Å²) in [5, 5.41) is 11.7. The lowest BCUT2D eigenvalue weighted by Crippen LogP contribution is -2.50. The Balaban J connectivity index is 2.20. The van der Waals surface area contributed by atoms with E-state index in [4.69, 9.17) is 21.4 Å². The number of carbonyl (C=O) groups is 1. The molecule has 0 aliphatic carbocycles. The van der Waals surface area contributed by atoms with E-state index in [2.05, 4.69) is 15.3 Å². The quantitative estimate of drug-likeness (QED) is 0.624. The van der Waals surface area contributed by atoms with Crippen molar-refractivity contribution < 1.29 is 27.8 Å². The Labute approximate surface area is 171 Å². The second-order valence-electron chi connectivity index (χ2n) is 7.29. The fraction of sp³-hybridized carbons (Fsp3) is 0.421. The molecule has 1 heterocycles. The summed E-state index contributed by atoms with van der Waals surface area (Å²) in [5.74, 6) is -0.743. The van der Waals surface area contributed by atoms with Gasteiger partial charge in [-0.1, -0.05) is 25.4 Å². The van der Waals surface area contributed by atoms with Crippen LogP contribution in [0.5, 0.6) is 5.75 Å². The van der Waals surface area contributed by atoms with Crippen molar-refractivity contribution in [3.8, 4) is 17.0 Å². The highest BCUT2D eigenvalue weighted by atomic mass is 35.5. The van der Waals surface area contributed by atoms with E-state index in [0.717, 1.165) is 6.20 Å². The summed E-state index contributed by atoms with van der Waals surface area (Å²) in [6.07, 6.45) is -4.25. The van der Waals surface area contributed by atoms with Gasteiger partial charge in [-0.3, -0.25) is 0 Å². The molecule has 0 saturated carbocycles. The molecule has 10 heteroatoms. The molecule has 0 bridgehead atoms. The van der Waals surface area contributed by atoms with Gasteiger partial charge >= 0.3 is 12.3 Å². The lowest BCUT2D eigenvalue weighted by molar-refractivity contribution is -0.144. The Morgan fingerprint density at radius 2 is 2.00 bits per heavy atom. The summed E-state index contributed by atoms with van der Waals surface area (Å²) in [6, 6.07) is 5.80. The maximum Gasteiger partial charge on any atom is 0.451 e. The molecule has 29 heavy (non-hydrogen) atoms. The van der Waals surface area contributed by atoms with E-state index in [1.54, 1.807) is 6.92 Å². The van der Waals surface area contributed by atoms with Crippen LogP contribution in [0.2, 0.25) is 5.02 Å². The van der Waals surface area contributed by atoms with E-state index in [9.17, 15) is 18.0 Å². The van der Waals surface area contributed by atoms with Gasteiger partial charge in [0.1, 0.15) is 12.4 Å². The number of nitrogens with one attached hydrogen (secondary N) is 1. The number of benzene rings is 1. The number of hydrogen-bond donors (Lipinski definition) is 2. The zero-order chi connectivity index (χ0) is 21.8. The molecule has 1 aromatic heterocycles. The second-order valence-corrected chi connectivity index (χ2v) is 7.69. The topological polar surface area (TPSA) is 84.3 Å². The number of aromatic nitrogens is 2. The Kier molecular flexibility index (Phi) is 6.94. The van der Waals surface area contributed by atoms with E-state index < -0.39 is 23.6 Å². The minimum atomic E-state index is -4.65. The summed E-state index contributed by atoms with van der Waals surface area (Å²) in [4.78, 5) is 17.8. The van der Waals surface area contributed by atoms with E-state index in [0.29, 0.717) is 12.0 Å². The number of ether oxygens (including phenoxy) is 1. The van der Waals surface area contributed by atoms with Crippen molar-refractivity contribution in [2.75, 3.05) is 6.61 Å². The van der Waals surface area contributed by atoms with Crippen molar-refractivity contribution in [2.45, 2.75) is 38.9 Å². The SMILES string of the molecule is CC(C)CC(C)(COc1ccc(-c2ccnc(C(F)(F)F)n2)cc1Cl)NC(=O)O. The number of hydrogen-bond acceptors (Lipinski definition) is 4. The predicted octanol–water partition coefficient (Wildman–Crippen LogP) is 5.27. The largest absolute Gasteiger partial charge is 0.490 e. The van der Waals surface area contributed by atoms with E-state index >= 15 is 0 Å². The van der Waals surface area contributed by atoms with Gasteiger partial charge in [0.2, 0.25) is 5.82 Å². The molecule has 6 nitrogen and oxygen atoms in total. The first-order valence-corrected chi connectivity index (χ1v) is 9.11. The first kappa shape index (κ1) is 22.7. The van der Waals surface area contributed by atoms with Crippen LogP contribution in [0.1, 0.15) is 33.0 Å². The van der Waals surface area contributed by atoms with Gasteiger partial charge in [0, 0.05) is 11.8 Å². The molecule has 1 amide bonds. The van der Waals surface area contributed by atoms with Gasteiger partial charge in [0.05, 0.1) is 16.3 Å². The van der Waals surface area contributed by atoms with E-state index in [-0.39, 0.29) is 29.0 Å². The number of rotatable bonds is 7. The van der Waals surface area contributed by atoms with Gasteiger partial charge in [-0.2, -0.15) is 13.2 Å². The van der Waals surface area contributed by atoms with Gasteiger partial charge in [-0.15, -0.1) is 0 Å². The average Bonchev–Trinajstić information content (AvgIpc) is 2.58. The highest BCUT2D eigenvalue weighted by molar-refractivity contribution is 6.32. The normalized spacial score (nSPS) is 13.8. The third-order valence-electron chi connectivity index (χ3n) is 3.95. The highest BCUT2D eigenvalue weighted by Crippen LogP contribution is 2.32. The molecule has 1 atom stereocenters. The van der Waals surface area contributed by atoms with Gasteiger partial charge in [-0.05, 0) is 43.5 Å². The van der Waals surface area contributed by atoms with Crippen LogP contribution in [0.3, 0.4) is 0 Å². The molecule has 2 rings (SSSR count). The first-order valence-electron chi connectivity index (χ1n) is 8.74. The monoisotopic (exact) mass is 431 g/mol. The lowest BCUT2D eigenvalue weighted by Gasteiger charge is -2.31. The standard InChI is InChI=1S/C19H21ClF3N3O3/c1-11(2)9-18(3,26-17(27)28)10-29-15-5-4-12(8-13(15)20)14-6-7-24-16(25-14)19(21,22)23/h4-8,11,26H,9-10H2,1-3H3,(H,27,28). The summed E-state index contributed by atoms with van der Waals surface area (Å²) in [7, 11) is 0. The molecule has 0 spiro atoms. The van der Waals surface area contributed by atoms with Crippen LogP contribution in [0, 0.1) is 5.92 Å². The van der Waals surface area contributed by atoms with Gasteiger partial charge in [0.15, 0.2) is 0 Å². The number of alkyl halides is 3. The number of halogens is 4. The highest BCUT2D eigenvalue weighted by Gasteiger charge is 2.34. The van der Waals surface area contributed by atoms with Gasteiger partial charge in [0.25, 0.3) is 0 Å². The number of nitrogens with zero attached hydrogens (tertiary/aromatic N) is 2. The van der Waals surface area contributed by atoms with Crippen LogP contribution in [0.25, 0.3) is 11.3 Å². The van der Waals surface area contributed by atoms with Crippen molar-refractivity contribution in [1.29, 1.82) is 0 Å². The van der Waals surface area contributed by atoms with Crippen molar-refractivity contribution in [3.05, 3.63) is 41.3 Å². The summed E-state index contributed by atoms with van der Waals surface area (Å²) in [5.41, 5.74) is -0.405. The Bertz CT molecular complexity index is 877. The molecule has 1 aromatic carbocycles. The molecule has 1 unspecified atom stereocenters. The third kappa shape index (κ3) is 6.49. The number of amides is 1. The molecular weight excluding hydrogens is 411 g/mol. The van der Waals surface area contributed by atoms with Crippen LogP contribution < -0.4 is 10.1 Å². The van der Waals surface area contributed by atoms with Crippen LogP contribution in [0.15, 0.2) is 30.5 Å².